The van der Waals surface area contributed by atoms with Gasteiger partial charge in [-0.1, -0.05) is 81.4 Å². The maximum Gasteiger partial charge on any atom is 0.415 e. The number of unbranched alkanes of at least 4 members (excludes halogenated alkanes) is 1. The van der Waals surface area contributed by atoms with Gasteiger partial charge in [0.2, 0.25) is 0 Å². The number of halogens is 3. The van der Waals surface area contributed by atoms with Crippen molar-refractivity contribution in [3.8, 4) is 0 Å². The van der Waals surface area contributed by atoms with Crippen molar-refractivity contribution in [2.75, 3.05) is 17.2 Å². The molecule has 1 atom stereocenters. The van der Waals surface area contributed by atoms with Crippen LogP contribution < -0.4 is 16.0 Å². The highest BCUT2D eigenvalue weighted by atomic mass is 19.4. The summed E-state index contributed by atoms with van der Waals surface area (Å²) in [5.41, 5.74) is 2.59. The average Bonchev–Trinajstić information content (AvgIpc) is 2.91. The van der Waals surface area contributed by atoms with Crippen molar-refractivity contribution in [1.29, 1.82) is 0 Å². The van der Waals surface area contributed by atoms with Crippen molar-refractivity contribution in [1.82, 2.24) is 5.32 Å². The molecule has 0 spiro atoms. The first-order valence-corrected chi connectivity index (χ1v) is 12.7. The number of hydrogen-bond acceptors (Lipinski definition) is 3. The minimum atomic E-state index is -4.66. The van der Waals surface area contributed by atoms with Crippen LogP contribution in [0.1, 0.15) is 49.4 Å². The highest BCUT2D eigenvalue weighted by Gasteiger charge is 2.31. The van der Waals surface area contributed by atoms with Crippen LogP contribution in [0.15, 0.2) is 103 Å². The fraction of sp³-hybridized carbons (Fsp3) is 0.258. The molecule has 7 heteroatoms. The van der Waals surface area contributed by atoms with Crippen LogP contribution >= 0.6 is 0 Å². The fourth-order valence-corrected chi connectivity index (χ4v) is 3.93. The van der Waals surface area contributed by atoms with E-state index < -0.39 is 17.7 Å². The first kappa shape index (κ1) is 28.7. The standard InChI is InChI=1S/C31H34F3N3O/c1-4-6-18-35-29(24-13-8-7-9-14-24)25-15-11-17-27(21-25)37-30(38)28(19-22(3)31(32,33)34)36-26-16-10-12-23(5-2)20-26/h7-17,19-21,29,35-36H,3-6,18H2,1-2H3,(H,37,38)/b28-19-. The second-order valence-electron chi connectivity index (χ2n) is 8.99. The number of aryl methyl sites for hydroxylation is 1. The Balaban J connectivity index is 1.89. The molecule has 0 bridgehead atoms. The molecule has 0 aliphatic heterocycles. The first-order chi connectivity index (χ1) is 18.2. The molecule has 38 heavy (non-hydrogen) atoms. The summed E-state index contributed by atoms with van der Waals surface area (Å²) < 4.78 is 39.8. The molecular formula is C31H34F3N3O. The lowest BCUT2D eigenvalue weighted by atomic mass is 9.98. The molecule has 0 aliphatic carbocycles. The minimum absolute atomic E-state index is 0.102. The van der Waals surface area contributed by atoms with Crippen LogP contribution in [-0.4, -0.2) is 18.6 Å². The summed E-state index contributed by atoms with van der Waals surface area (Å²) >= 11 is 0. The van der Waals surface area contributed by atoms with E-state index in [2.05, 4.69) is 29.5 Å². The zero-order valence-electron chi connectivity index (χ0n) is 21.7. The lowest BCUT2D eigenvalue weighted by Crippen LogP contribution is -2.24. The molecule has 4 nitrogen and oxygen atoms in total. The number of hydrogen-bond donors (Lipinski definition) is 3. The molecule has 3 aromatic carbocycles. The third-order valence-corrected chi connectivity index (χ3v) is 6.03. The van der Waals surface area contributed by atoms with E-state index in [1.165, 1.54) is 0 Å². The van der Waals surface area contributed by atoms with Gasteiger partial charge in [0.1, 0.15) is 5.70 Å². The Hall–Kier alpha value is -3.84. The SMILES string of the molecule is C=C(/C=C(\Nc1cccc(CC)c1)C(=O)Nc1cccc(C(NCCCC)c2ccccc2)c1)C(F)(F)F. The topological polar surface area (TPSA) is 53.2 Å². The number of carbonyl (C=O) groups is 1. The quantitative estimate of drug-likeness (QED) is 0.130. The summed E-state index contributed by atoms with van der Waals surface area (Å²) in [6.07, 6.45) is -1.11. The second kappa shape index (κ2) is 13.6. The van der Waals surface area contributed by atoms with E-state index in [0.717, 1.165) is 48.6 Å². The monoisotopic (exact) mass is 521 g/mol. The van der Waals surface area contributed by atoms with Crippen LogP contribution in [0.25, 0.3) is 0 Å². The van der Waals surface area contributed by atoms with Crippen molar-refractivity contribution in [3.05, 3.63) is 119 Å². The van der Waals surface area contributed by atoms with Crippen LogP contribution in [0, 0.1) is 0 Å². The Morgan fingerprint density at radius 1 is 0.895 bits per heavy atom. The average molecular weight is 522 g/mol. The van der Waals surface area contributed by atoms with Crippen LogP contribution in [0.2, 0.25) is 0 Å². The zero-order valence-corrected chi connectivity index (χ0v) is 21.7. The van der Waals surface area contributed by atoms with Crippen molar-refractivity contribution >= 4 is 17.3 Å². The maximum absolute atomic E-state index is 13.3. The Kier molecular flexibility index (Phi) is 10.3. The van der Waals surface area contributed by atoms with Gasteiger partial charge in [0, 0.05) is 11.4 Å². The lowest BCUT2D eigenvalue weighted by molar-refractivity contribution is -0.112. The summed E-state index contributed by atoms with van der Waals surface area (Å²) in [5, 5.41) is 9.18. The number of rotatable bonds is 12. The fourth-order valence-electron chi connectivity index (χ4n) is 3.93. The Bertz CT molecular complexity index is 1250. The zero-order chi connectivity index (χ0) is 27.5. The van der Waals surface area contributed by atoms with E-state index >= 15 is 0 Å². The highest BCUT2D eigenvalue weighted by Crippen LogP contribution is 2.28. The Morgan fingerprint density at radius 2 is 1.55 bits per heavy atom. The highest BCUT2D eigenvalue weighted by molar-refractivity contribution is 6.06. The number of alkyl halides is 3. The van der Waals surface area contributed by atoms with Gasteiger partial charge in [-0.25, -0.2) is 0 Å². The van der Waals surface area contributed by atoms with Crippen molar-refractivity contribution < 1.29 is 18.0 Å². The normalized spacial score (nSPS) is 12.6. The van der Waals surface area contributed by atoms with Gasteiger partial charge in [0.25, 0.3) is 5.91 Å². The van der Waals surface area contributed by atoms with Crippen molar-refractivity contribution in [3.63, 3.8) is 0 Å². The van der Waals surface area contributed by atoms with Gasteiger partial charge in [-0.15, -0.1) is 0 Å². The van der Waals surface area contributed by atoms with Crippen LogP contribution in [0.5, 0.6) is 0 Å². The van der Waals surface area contributed by atoms with Crippen LogP contribution in [0.4, 0.5) is 24.5 Å². The predicted octanol–water partition coefficient (Wildman–Crippen LogP) is 7.78. The molecule has 0 saturated carbocycles. The Morgan fingerprint density at radius 3 is 2.21 bits per heavy atom. The van der Waals surface area contributed by atoms with Gasteiger partial charge in [0.05, 0.1) is 11.6 Å². The van der Waals surface area contributed by atoms with Crippen molar-refractivity contribution in [2.24, 2.45) is 0 Å². The third kappa shape index (κ3) is 8.35. The minimum Gasteiger partial charge on any atom is -0.351 e. The summed E-state index contributed by atoms with van der Waals surface area (Å²) in [4.78, 5) is 13.2. The molecule has 3 N–H and O–H groups in total. The molecule has 0 aliphatic rings. The molecule has 200 valence electrons. The molecule has 0 fully saturated rings. The molecule has 1 unspecified atom stereocenters. The van der Waals surface area contributed by atoms with Gasteiger partial charge in [-0.3, -0.25) is 4.79 Å². The molecule has 3 aromatic rings. The van der Waals surface area contributed by atoms with E-state index in [9.17, 15) is 18.0 Å². The first-order valence-electron chi connectivity index (χ1n) is 12.7. The molecule has 0 heterocycles. The molecule has 1 amide bonds. The maximum atomic E-state index is 13.3. The van der Waals surface area contributed by atoms with Gasteiger partial charge in [-0.2, -0.15) is 13.2 Å². The number of nitrogens with one attached hydrogen (secondary N) is 3. The van der Waals surface area contributed by atoms with E-state index in [1.54, 1.807) is 24.3 Å². The van der Waals surface area contributed by atoms with Crippen molar-refractivity contribution in [2.45, 2.75) is 45.3 Å². The van der Waals surface area contributed by atoms with Crippen LogP contribution in [0.3, 0.4) is 0 Å². The molecule has 0 saturated heterocycles. The van der Waals surface area contributed by atoms with E-state index in [-0.39, 0.29) is 11.7 Å². The summed E-state index contributed by atoms with van der Waals surface area (Å²) in [6.45, 7) is 8.03. The summed E-state index contributed by atoms with van der Waals surface area (Å²) in [5.74, 6) is -0.704. The number of carbonyl (C=O) groups excluding carboxylic acids is 1. The van der Waals surface area contributed by atoms with E-state index in [1.807, 2.05) is 61.5 Å². The summed E-state index contributed by atoms with van der Waals surface area (Å²) in [6, 6.07) is 24.4. The number of allylic oxidation sites excluding steroid dienone is 2. The van der Waals surface area contributed by atoms with Gasteiger partial charge < -0.3 is 16.0 Å². The number of amides is 1. The number of benzene rings is 3. The van der Waals surface area contributed by atoms with E-state index in [0.29, 0.717) is 11.4 Å². The van der Waals surface area contributed by atoms with Gasteiger partial charge in [0.15, 0.2) is 0 Å². The van der Waals surface area contributed by atoms with Gasteiger partial charge in [-0.05, 0) is 66.4 Å². The summed E-state index contributed by atoms with van der Waals surface area (Å²) in [7, 11) is 0. The van der Waals surface area contributed by atoms with E-state index in [4.69, 9.17) is 0 Å². The lowest BCUT2D eigenvalue weighted by Gasteiger charge is -2.21. The molecule has 0 aromatic heterocycles. The Labute approximate surface area is 222 Å². The van der Waals surface area contributed by atoms with Crippen LogP contribution in [-0.2, 0) is 11.2 Å². The predicted molar refractivity (Wildman–Crippen MR) is 149 cm³/mol. The smallest absolute Gasteiger partial charge is 0.351 e. The third-order valence-electron chi connectivity index (χ3n) is 6.03. The van der Waals surface area contributed by atoms with Gasteiger partial charge >= 0.3 is 6.18 Å². The second-order valence-corrected chi connectivity index (χ2v) is 8.99. The molecular weight excluding hydrogens is 487 g/mol. The molecule has 3 rings (SSSR count). The molecule has 0 radical (unpaired) electrons. The largest absolute Gasteiger partial charge is 0.415 e. The number of anilines is 2.